The first-order valence-electron chi connectivity index (χ1n) is 4.36. The van der Waals surface area contributed by atoms with Crippen LogP contribution in [0.25, 0.3) is 0 Å². The molecule has 0 spiro atoms. The Labute approximate surface area is 88.1 Å². The molecule has 4 N–H and O–H groups in total. The number of hydrogen-bond donors (Lipinski definition) is 3. The Morgan fingerprint density at radius 2 is 2.14 bits per heavy atom. The second-order valence-electron chi connectivity index (χ2n) is 3.56. The van der Waals surface area contributed by atoms with Crippen LogP contribution >= 0.6 is 11.6 Å². The van der Waals surface area contributed by atoms with Crippen LogP contribution in [0.15, 0.2) is 18.2 Å². The third-order valence-corrected chi connectivity index (χ3v) is 2.54. The second-order valence-corrected chi connectivity index (χ2v) is 3.96. The van der Waals surface area contributed by atoms with Crippen molar-refractivity contribution in [3.8, 4) is 5.75 Å². The van der Waals surface area contributed by atoms with E-state index >= 15 is 0 Å². The van der Waals surface area contributed by atoms with Gasteiger partial charge in [0, 0.05) is 12.1 Å². The molecule has 1 aromatic rings. The Kier molecular flexibility index (Phi) is 3.37. The molecule has 0 amide bonds. The average molecular weight is 216 g/mol. The lowest BCUT2D eigenvalue weighted by Crippen LogP contribution is -2.33. The molecule has 0 aromatic heterocycles. The third-order valence-electron chi connectivity index (χ3n) is 2.24. The minimum absolute atomic E-state index is 0.0193. The first kappa shape index (κ1) is 11.3. The van der Waals surface area contributed by atoms with Gasteiger partial charge in [-0.1, -0.05) is 17.7 Å². The molecule has 78 valence electrons. The Hall–Kier alpha value is -0.770. The quantitative estimate of drug-likeness (QED) is 0.718. The van der Waals surface area contributed by atoms with Crippen LogP contribution < -0.4 is 5.73 Å². The number of benzene rings is 1. The molecule has 1 aromatic carbocycles. The van der Waals surface area contributed by atoms with E-state index in [1.807, 2.05) is 6.92 Å². The van der Waals surface area contributed by atoms with Gasteiger partial charge in [-0.15, -0.1) is 0 Å². The Balaban J connectivity index is 3.01. The van der Waals surface area contributed by atoms with Crippen LogP contribution in [0, 0.1) is 0 Å². The Morgan fingerprint density at radius 3 is 2.64 bits per heavy atom. The number of aromatic hydroxyl groups is 1. The van der Waals surface area contributed by atoms with E-state index < -0.39 is 5.54 Å². The maximum atomic E-state index is 9.22. The van der Waals surface area contributed by atoms with Gasteiger partial charge in [0.15, 0.2) is 0 Å². The zero-order chi connectivity index (χ0) is 10.8. The summed E-state index contributed by atoms with van der Waals surface area (Å²) < 4.78 is 0. The predicted octanol–water partition coefficient (Wildman–Crippen LogP) is 1.60. The second kappa shape index (κ2) is 4.17. The molecule has 1 unspecified atom stereocenters. The molecule has 0 aliphatic rings. The minimum atomic E-state index is -0.619. The summed E-state index contributed by atoms with van der Waals surface area (Å²) in [5.74, 6) is 0.0372. The first-order chi connectivity index (χ1) is 6.47. The number of halogens is 1. The largest absolute Gasteiger partial charge is 0.506 e. The van der Waals surface area contributed by atoms with Gasteiger partial charge in [0.1, 0.15) is 5.75 Å². The summed E-state index contributed by atoms with van der Waals surface area (Å²) in [6.07, 6.45) is 0.452. The predicted molar refractivity (Wildman–Crippen MR) is 56.4 cm³/mol. The molecule has 0 radical (unpaired) electrons. The summed E-state index contributed by atoms with van der Waals surface area (Å²) in [6.45, 7) is 1.83. The van der Waals surface area contributed by atoms with Gasteiger partial charge in [0.05, 0.1) is 5.02 Å². The van der Waals surface area contributed by atoms with E-state index in [9.17, 15) is 5.11 Å². The number of hydrogen-bond acceptors (Lipinski definition) is 3. The van der Waals surface area contributed by atoms with Crippen molar-refractivity contribution in [2.24, 2.45) is 5.73 Å². The Bertz CT molecular complexity index is 326. The molecular weight excluding hydrogens is 202 g/mol. The van der Waals surface area contributed by atoms with Crippen molar-refractivity contribution in [3.63, 3.8) is 0 Å². The highest BCUT2D eigenvalue weighted by Gasteiger charge is 2.21. The van der Waals surface area contributed by atoms with E-state index in [2.05, 4.69) is 0 Å². The lowest BCUT2D eigenvalue weighted by atomic mass is 9.90. The fraction of sp³-hybridized carbons (Fsp3) is 0.400. The molecule has 3 nitrogen and oxygen atoms in total. The van der Waals surface area contributed by atoms with Gasteiger partial charge in [-0.2, -0.15) is 0 Å². The lowest BCUT2D eigenvalue weighted by molar-refractivity contribution is 0.247. The van der Waals surface area contributed by atoms with Crippen LogP contribution in [0.3, 0.4) is 0 Å². The van der Waals surface area contributed by atoms with Gasteiger partial charge in [-0.3, -0.25) is 0 Å². The lowest BCUT2D eigenvalue weighted by Gasteiger charge is -2.24. The number of rotatable bonds is 3. The van der Waals surface area contributed by atoms with E-state index in [0.717, 1.165) is 5.56 Å². The summed E-state index contributed by atoms with van der Waals surface area (Å²) in [5.41, 5.74) is 6.15. The van der Waals surface area contributed by atoms with Crippen LogP contribution in [0.5, 0.6) is 5.75 Å². The molecular formula is C10H14ClNO2. The van der Waals surface area contributed by atoms with Gasteiger partial charge in [-0.05, 0) is 31.0 Å². The van der Waals surface area contributed by atoms with Crippen molar-refractivity contribution in [3.05, 3.63) is 28.8 Å². The molecule has 1 atom stereocenters. The van der Waals surface area contributed by atoms with E-state index in [1.165, 1.54) is 6.07 Å². The summed E-state index contributed by atoms with van der Waals surface area (Å²) in [7, 11) is 0. The van der Waals surface area contributed by atoms with Crippen LogP contribution in [-0.4, -0.2) is 16.8 Å². The van der Waals surface area contributed by atoms with Crippen molar-refractivity contribution in [1.29, 1.82) is 0 Å². The zero-order valence-electron chi connectivity index (χ0n) is 8.00. The summed E-state index contributed by atoms with van der Waals surface area (Å²) in [4.78, 5) is 0. The van der Waals surface area contributed by atoms with E-state index in [1.54, 1.807) is 12.1 Å². The van der Waals surface area contributed by atoms with Crippen molar-refractivity contribution in [2.75, 3.05) is 6.61 Å². The van der Waals surface area contributed by atoms with Gasteiger partial charge in [0.2, 0.25) is 0 Å². The van der Waals surface area contributed by atoms with Crippen molar-refractivity contribution in [2.45, 2.75) is 18.9 Å². The number of phenols is 1. The minimum Gasteiger partial charge on any atom is -0.506 e. The zero-order valence-corrected chi connectivity index (χ0v) is 8.75. The van der Waals surface area contributed by atoms with E-state index in [4.69, 9.17) is 22.4 Å². The highest BCUT2D eigenvalue weighted by molar-refractivity contribution is 6.32. The van der Waals surface area contributed by atoms with Gasteiger partial charge in [-0.25, -0.2) is 0 Å². The van der Waals surface area contributed by atoms with Crippen molar-refractivity contribution < 1.29 is 10.2 Å². The fourth-order valence-electron chi connectivity index (χ4n) is 1.24. The number of aliphatic hydroxyl groups excluding tert-OH is 1. The number of phenolic OH excluding ortho intramolecular Hbond substituents is 1. The van der Waals surface area contributed by atoms with Crippen molar-refractivity contribution >= 4 is 11.6 Å². The highest BCUT2D eigenvalue weighted by Crippen LogP contribution is 2.29. The molecule has 0 saturated heterocycles. The molecule has 14 heavy (non-hydrogen) atoms. The molecule has 4 heteroatoms. The SMILES string of the molecule is CC(N)(CCO)c1ccc(O)c(Cl)c1. The molecule has 0 saturated carbocycles. The number of nitrogens with two attached hydrogens (primary N) is 1. The smallest absolute Gasteiger partial charge is 0.134 e. The topological polar surface area (TPSA) is 66.5 Å². The monoisotopic (exact) mass is 215 g/mol. The highest BCUT2D eigenvalue weighted by atomic mass is 35.5. The van der Waals surface area contributed by atoms with Gasteiger partial charge in [0.25, 0.3) is 0 Å². The molecule has 0 heterocycles. The van der Waals surface area contributed by atoms with Crippen LogP contribution in [-0.2, 0) is 5.54 Å². The third kappa shape index (κ3) is 2.38. The number of aliphatic hydroxyl groups is 1. The average Bonchev–Trinajstić information content (AvgIpc) is 2.09. The van der Waals surface area contributed by atoms with Crippen molar-refractivity contribution in [1.82, 2.24) is 0 Å². The maximum Gasteiger partial charge on any atom is 0.134 e. The van der Waals surface area contributed by atoms with Gasteiger partial charge >= 0.3 is 0 Å². The molecule has 0 aliphatic heterocycles. The van der Waals surface area contributed by atoms with Crippen LogP contribution in [0.1, 0.15) is 18.9 Å². The Morgan fingerprint density at radius 1 is 1.50 bits per heavy atom. The molecule has 0 fully saturated rings. The standard InChI is InChI=1S/C10H14ClNO2/c1-10(12,4-5-13)7-2-3-9(14)8(11)6-7/h2-3,6,13-14H,4-5,12H2,1H3. The normalized spacial score (nSPS) is 15.1. The molecule has 1 rings (SSSR count). The van der Waals surface area contributed by atoms with Gasteiger partial charge < -0.3 is 15.9 Å². The van der Waals surface area contributed by atoms with Crippen LogP contribution in [0.2, 0.25) is 5.02 Å². The summed E-state index contributed by atoms with van der Waals surface area (Å²) >= 11 is 5.75. The van der Waals surface area contributed by atoms with E-state index in [0.29, 0.717) is 6.42 Å². The fourth-order valence-corrected chi connectivity index (χ4v) is 1.42. The van der Waals surface area contributed by atoms with Crippen LogP contribution in [0.4, 0.5) is 0 Å². The first-order valence-corrected chi connectivity index (χ1v) is 4.74. The molecule has 0 bridgehead atoms. The summed E-state index contributed by atoms with van der Waals surface area (Å²) in [6, 6.07) is 4.82. The molecule has 0 aliphatic carbocycles. The van der Waals surface area contributed by atoms with E-state index in [-0.39, 0.29) is 17.4 Å². The maximum absolute atomic E-state index is 9.22. The summed E-state index contributed by atoms with van der Waals surface area (Å²) in [5, 5.41) is 18.3.